The minimum Gasteiger partial charge on any atom is -0.496 e. The second-order valence-corrected chi connectivity index (χ2v) is 8.17. The van der Waals surface area contributed by atoms with E-state index in [4.69, 9.17) is 9.47 Å². The van der Waals surface area contributed by atoms with Gasteiger partial charge >= 0.3 is 0 Å². The zero-order valence-electron chi connectivity index (χ0n) is 17.6. The van der Waals surface area contributed by atoms with Gasteiger partial charge < -0.3 is 19.7 Å². The lowest BCUT2D eigenvalue weighted by atomic mass is 10.2. The van der Waals surface area contributed by atoms with Crippen molar-refractivity contribution in [2.75, 3.05) is 50.2 Å². The molecule has 0 saturated carbocycles. The van der Waals surface area contributed by atoms with Gasteiger partial charge in [-0.2, -0.15) is 0 Å². The number of rotatable bonds is 6. The van der Waals surface area contributed by atoms with E-state index in [1.54, 1.807) is 24.3 Å². The molecular weight excluding hydrogens is 430 g/mol. The molecule has 4 rings (SSSR count). The molecule has 0 radical (unpaired) electrons. The standard InChI is InChI=1S/C23H23N3O5S/c1-30-19-9-5-2-6-16(19)14-20-22(28)26(23(29)32-20)15-21(27)24-17-7-3-4-8-18(17)25-10-12-31-13-11-25/h2-9,14H,10-13,15H2,1H3,(H,24,27)/b20-14-. The van der Waals surface area contributed by atoms with Crippen LogP contribution >= 0.6 is 11.8 Å². The van der Waals surface area contributed by atoms with Crippen molar-refractivity contribution < 1.29 is 23.9 Å². The number of thioether (sulfide) groups is 1. The number of benzene rings is 2. The highest BCUT2D eigenvalue weighted by molar-refractivity contribution is 8.18. The molecule has 0 bridgehead atoms. The third-order valence-corrected chi connectivity index (χ3v) is 6.04. The Balaban J connectivity index is 1.46. The molecule has 2 aromatic carbocycles. The molecular formula is C23H23N3O5S. The molecule has 8 nitrogen and oxygen atoms in total. The Labute approximate surface area is 190 Å². The largest absolute Gasteiger partial charge is 0.496 e. The van der Waals surface area contributed by atoms with E-state index in [1.807, 2.05) is 30.3 Å². The molecule has 2 aliphatic rings. The highest BCUT2D eigenvalue weighted by atomic mass is 32.2. The Morgan fingerprint density at radius 2 is 1.84 bits per heavy atom. The van der Waals surface area contributed by atoms with E-state index in [-0.39, 0.29) is 11.4 Å². The molecule has 2 saturated heterocycles. The molecule has 32 heavy (non-hydrogen) atoms. The van der Waals surface area contributed by atoms with Gasteiger partial charge in [0, 0.05) is 18.7 Å². The van der Waals surface area contributed by atoms with E-state index in [2.05, 4.69) is 10.2 Å². The molecule has 2 heterocycles. The first-order chi connectivity index (χ1) is 15.6. The molecule has 166 valence electrons. The Morgan fingerprint density at radius 1 is 1.12 bits per heavy atom. The number of carbonyl (C=O) groups excluding carboxylic acids is 3. The van der Waals surface area contributed by atoms with E-state index in [0.29, 0.717) is 30.2 Å². The van der Waals surface area contributed by atoms with Crippen molar-refractivity contribution in [3.05, 3.63) is 59.0 Å². The van der Waals surface area contributed by atoms with Gasteiger partial charge in [0.2, 0.25) is 5.91 Å². The molecule has 0 unspecified atom stereocenters. The zero-order chi connectivity index (χ0) is 22.5. The average molecular weight is 454 g/mol. The first-order valence-corrected chi connectivity index (χ1v) is 11.0. The predicted octanol–water partition coefficient (Wildman–Crippen LogP) is 3.21. The van der Waals surface area contributed by atoms with E-state index < -0.39 is 17.1 Å². The SMILES string of the molecule is COc1ccccc1/C=C1\SC(=O)N(CC(=O)Nc2ccccc2N2CCOCC2)C1=O. The van der Waals surface area contributed by atoms with Gasteiger partial charge in [-0.15, -0.1) is 0 Å². The number of carbonyl (C=O) groups is 3. The van der Waals surface area contributed by atoms with Crippen molar-refractivity contribution in [2.45, 2.75) is 0 Å². The topological polar surface area (TPSA) is 88.2 Å². The summed E-state index contributed by atoms with van der Waals surface area (Å²) in [5, 5.41) is 2.36. The summed E-state index contributed by atoms with van der Waals surface area (Å²) in [6.45, 7) is 2.34. The number of anilines is 2. The minimum absolute atomic E-state index is 0.251. The van der Waals surface area contributed by atoms with Crippen molar-refractivity contribution in [2.24, 2.45) is 0 Å². The second-order valence-electron chi connectivity index (χ2n) is 7.17. The van der Waals surface area contributed by atoms with Gasteiger partial charge in [0.1, 0.15) is 12.3 Å². The lowest BCUT2D eigenvalue weighted by molar-refractivity contribution is -0.127. The smallest absolute Gasteiger partial charge is 0.294 e. The fourth-order valence-corrected chi connectivity index (χ4v) is 4.39. The summed E-state index contributed by atoms with van der Waals surface area (Å²) in [6.07, 6.45) is 1.61. The fraction of sp³-hybridized carbons (Fsp3) is 0.261. The predicted molar refractivity (Wildman–Crippen MR) is 124 cm³/mol. The molecule has 1 N–H and O–H groups in total. The van der Waals surface area contributed by atoms with Gasteiger partial charge in [-0.05, 0) is 36.0 Å². The van der Waals surface area contributed by atoms with Crippen molar-refractivity contribution in [1.29, 1.82) is 0 Å². The van der Waals surface area contributed by atoms with Gasteiger partial charge in [0.05, 0.1) is 36.6 Å². The quantitative estimate of drug-likeness (QED) is 0.672. The number of nitrogens with one attached hydrogen (secondary N) is 1. The summed E-state index contributed by atoms with van der Waals surface area (Å²) in [7, 11) is 1.54. The Bertz CT molecular complexity index is 1070. The van der Waals surface area contributed by atoms with Crippen LogP contribution in [0, 0.1) is 0 Å². The van der Waals surface area contributed by atoms with Crippen LogP contribution in [0.25, 0.3) is 6.08 Å². The maximum atomic E-state index is 12.8. The number of amides is 3. The molecule has 3 amide bonds. The van der Waals surface area contributed by atoms with E-state index >= 15 is 0 Å². The molecule has 0 aliphatic carbocycles. The normalized spacial score (nSPS) is 17.7. The van der Waals surface area contributed by atoms with Gasteiger partial charge in [-0.3, -0.25) is 19.3 Å². The van der Waals surface area contributed by atoms with Crippen molar-refractivity contribution in [3.8, 4) is 5.75 Å². The molecule has 9 heteroatoms. The number of ether oxygens (including phenoxy) is 2. The van der Waals surface area contributed by atoms with Crippen LogP contribution in [0.5, 0.6) is 5.75 Å². The summed E-state index contributed by atoms with van der Waals surface area (Å²) in [5.41, 5.74) is 2.20. The summed E-state index contributed by atoms with van der Waals surface area (Å²) in [5.74, 6) is -0.342. The maximum Gasteiger partial charge on any atom is 0.294 e. The third kappa shape index (κ3) is 4.79. The number of morpholine rings is 1. The molecule has 2 aromatic rings. The average Bonchev–Trinajstić information content (AvgIpc) is 3.07. The fourth-order valence-electron chi connectivity index (χ4n) is 3.56. The van der Waals surface area contributed by atoms with Crippen LogP contribution in [0.1, 0.15) is 5.56 Å². The number of methoxy groups -OCH3 is 1. The minimum atomic E-state index is -0.498. The number of hydrogen-bond acceptors (Lipinski definition) is 7. The Morgan fingerprint density at radius 3 is 2.62 bits per heavy atom. The first kappa shape index (κ1) is 21.9. The number of nitrogens with zero attached hydrogens (tertiary/aromatic N) is 2. The van der Waals surface area contributed by atoms with Crippen LogP contribution in [0.2, 0.25) is 0 Å². The lowest BCUT2D eigenvalue weighted by Crippen LogP contribution is -2.38. The van der Waals surface area contributed by atoms with Crippen LogP contribution in [-0.4, -0.2) is 61.9 Å². The van der Waals surface area contributed by atoms with Crippen molar-refractivity contribution in [3.63, 3.8) is 0 Å². The highest BCUT2D eigenvalue weighted by Crippen LogP contribution is 2.34. The maximum absolute atomic E-state index is 12.8. The summed E-state index contributed by atoms with van der Waals surface area (Å²) in [6, 6.07) is 14.7. The second kappa shape index (κ2) is 9.88. The van der Waals surface area contributed by atoms with Crippen LogP contribution in [0.3, 0.4) is 0 Å². The van der Waals surface area contributed by atoms with Crippen molar-refractivity contribution >= 4 is 46.3 Å². The van der Waals surface area contributed by atoms with E-state index in [9.17, 15) is 14.4 Å². The number of imide groups is 1. The van der Waals surface area contributed by atoms with Crippen LogP contribution < -0.4 is 15.0 Å². The first-order valence-electron chi connectivity index (χ1n) is 10.2. The Hall–Kier alpha value is -3.30. The Kier molecular flexibility index (Phi) is 6.77. The van der Waals surface area contributed by atoms with Gasteiger partial charge in [-0.1, -0.05) is 30.3 Å². The molecule has 2 aliphatic heterocycles. The summed E-state index contributed by atoms with van der Waals surface area (Å²) >= 11 is 0.811. The molecule has 0 aromatic heterocycles. The third-order valence-electron chi connectivity index (χ3n) is 5.13. The van der Waals surface area contributed by atoms with Gasteiger partial charge in [0.25, 0.3) is 11.1 Å². The van der Waals surface area contributed by atoms with E-state index in [0.717, 1.165) is 35.4 Å². The zero-order valence-corrected chi connectivity index (χ0v) is 18.4. The van der Waals surface area contributed by atoms with Gasteiger partial charge in [-0.25, -0.2) is 0 Å². The summed E-state index contributed by atoms with van der Waals surface area (Å²) in [4.78, 5) is 41.3. The van der Waals surface area contributed by atoms with Crippen LogP contribution in [0.15, 0.2) is 53.4 Å². The molecule has 2 fully saturated rings. The number of hydrogen-bond donors (Lipinski definition) is 1. The van der Waals surface area contributed by atoms with Crippen LogP contribution in [0.4, 0.5) is 16.2 Å². The van der Waals surface area contributed by atoms with Crippen LogP contribution in [-0.2, 0) is 14.3 Å². The highest BCUT2D eigenvalue weighted by Gasteiger charge is 2.36. The lowest BCUT2D eigenvalue weighted by Gasteiger charge is -2.30. The molecule has 0 spiro atoms. The van der Waals surface area contributed by atoms with Crippen molar-refractivity contribution in [1.82, 2.24) is 4.90 Å². The van der Waals surface area contributed by atoms with E-state index in [1.165, 1.54) is 7.11 Å². The monoisotopic (exact) mass is 453 g/mol. The molecule has 0 atom stereocenters. The summed E-state index contributed by atoms with van der Waals surface area (Å²) < 4.78 is 10.7. The van der Waals surface area contributed by atoms with Gasteiger partial charge in [0.15, 0.2) is 0 Å². The number of para-hydroxylation sites is 3.